The summed E-state index contributed by atoms with van der Waals surface area (Å²) < 4.78 is 0. The van der Waals surface area contributed by atoms with Crippen LogP contribution in [0.4, 0.5) is 0 Å². The van der Waals surface area contributed by atoms with E-state index in [1.165, 1.54) is 14.0 Å². The Morgan fingerprint density at radius 3 is 2.36 bits per heavy atom. The lowest BCUT2D eigenvalue weighted by atomic mass is 10.1. The minimum absolute atomic E-state index is 0.0591. The van der Waals surface area contributed by atoms with Gasteiger partial charge in [-0.1, -0.05) is 11.7 Å². The van der Waals surface area contributed by atoms with Gasteiger partial charge in [-0.3, -0.25) is 4.79 Å². The summed E-state index contributed by atoms with van der Waals surface area (Å²) in [6, 6.07) is 0. The number of nitrogens with zero attached hydrogens (tertiary/aromatic N) is 1. The van der Waals surface area contributed by atoms with Gasteiger partial charge in [-0.2, -0.15) is 0 Å². The zero-order chi connectivity index (χ0) is 8.85. The Balaban J connectivity index is 4.23. The smallest absolute Gasteiger partial charge is 0.135 e. The predicted octanol–water partition coefficient (Wildman–Crippen LogP) is 1.54. The molecule has 11 heavy (non-hydrogen) atoms. The van der Waals surface area contributed by atoms with Crippen molar-refractivity contribution >= 4 is 11.5 Å². The van der Waals surface area contributed by atoms with Gasteiger partial charge in [-0.05, 0) is 19.4 Å². The molecule has 3 heteroatoms. The van der Waals surface area contributed by atoms with Crippen LogP contribution in [0.15, 0.2) is 17.3 Å². The van der Waals surface area contributed by atoms with Crippen molar-refractivity contribution in [2.24, 2.45) is 5.16 Å². The maximum Gasteiger partial charge on any atom is 0.135 e. The predicted molar refractivity (Wildman–Crippen MR) is 44.6 cm³/mol. The van der Waals surface area contributed by atoms with Crippen LogP contribution < -0.4 is 0 Å². The molecule has 0 aromatic heterocycles. The number of allylic oxidation sites excluding steroid dienone is 1. The molecular weight excluding hydrogens is 142 g/mol. The van der Waals surface area contributed by atoms with E-state index in [0.29, 0.717) is 12.1 Å². The molecule has 0 aliphatic rings. The van der Waals surface area contributed by atoms with Crippen molar-refractivity contribution in [1.82, 2.24) is 0 Å². The summed E-state index contributed by atoms with van der Waals surface area (Å²) in [7, 11) is 1.45. The second-order valence-electron chi connectivity index (χ2n) is 2.38. The van der Waals surface area contributed by atoms with Crippen LogP contribution in [0.2, 0.25) is 0 Å². The summed E-state index contributed by atoms with van der Waals surface area (Å²) in [5.41, 5.74) is 1.38. The molecule has 0 heterocycles. The number of oxime groups is 1. The van der Waals surface area contributed by atoms with Gasteiger partial charge in [-0.25, -0.2) is 0 Å². The Labute approximate surface area is 66.7 Å². The van der Waals surface area contributed by atoms with E-state index in [9.17, 15) is 4.79 Å². The van der Waals surface area contributed by atoms with Gasteiger partial charge in [-0.15, -0.1) is 0 Å². The summed E-state index contributed by atoms with van der Waals surface area (Å²) in [6.07, 6.45) is 0.295. The third kappa shape index (κ3) is 4.31. The zero-order valence-corrected chi connectivity index (χ0v) is 7.18. The summed E-state index contributed by atoms with van der Waals surface area (Å²) in [5.74, 6) is 0.0591. The molecule has 0 atom stereocenters. The first kappa shape index (κ1) is 9.88. The largest absolute Gasteiger partial charge is 0.399 e. The molecule has 0 saturated heterocycles. The van der Waals surface area contributed by atoms with E-state index in [0.717, 1.165) is 5.57 Å². The summed E-state index contributed by atoms with van der Waals surface area (Å²) in [5, 5.41) is 3.66. The Morgan fingerprint density at radius 2 is 2.09 bits per heavy atom. The molecule has 0 fully saturated rings. The van der Waals surface area contributed by atoms with Gasteiger partial charge in [0.25, 0.3) is 0 Å². The molecule has 0 N–H and O–H groups in total. The third-order valence-corrected chi connectivity index (χ3v) is 1.11. The topological polar surface area (TPSA) is 38.7 Å². The Morgan fingerprint density at radius 1 is 1.55 bits per heavy atom. The first-order chi connectivity index (χ1) is 5.07. The number of hydrogen-bond acceptors (Lipinski definition) is 3. The van der Waals surface area contributed by atoms with Gasteiger partial charge in [0, 0.05) is 0 Å². The number of carbonyl (C=O) groups is 1. The van der Waals surface area contributed by atoms with Crippen molar-refractivity contribution in [2.45, 2.75) is 20.3 Å². The molecule has 3 nitrogen and oxygen atoms in total. The molecule has 0 amide bonds. The minimum Gasteiger partial charge on any atom is -0.399 e. The Hall–Kier alpha value is -1.12. The average molecular weight is 155 g/mol. The van der Waals surface area contributed by atoms with Crippen LogP contribution in [0, 0.1) is 0 Å². The van der Waals surface area contributed by atoms with E-state index in [1.807, 2.05) is 0 Å². The number of hydrogen-bond donors (Lipinski definition) is 0. The van der Waals surface area contributed by atoms with Crippen LogP contribution in [-0.4, -0.2) is 18.6 Å². The van der Waals surface area contributed by atoms with E-state index >= 15 is 0 Å². The highest BCUT2D eigenvalue weighted by Crippen LogP contribution is 1.99. The number of carbonyl (C=O) groups excluding carboxylic acids is 1. The maximum atomic E-state index is 10.7. The van der Waals surface area contributed by atoms with Gasteiger partial charge in [0.1, 0.15) is 12.9 Å². The maximum absolute atomic E-state index is 10.7. The molecule has 0 aromatic carbocycles. The van der Waals surface area contributed by atoms with Crippen molar-refractivity contribution in [3.63, 3.8) is 0 Å². The fourth-order valence-electron chi connectivity index (χ4n) is 0.607. The molecule has 0 unspecified atom stereocenters. The highest BCUT2D eigenvalue weighted by Gasteiger charge is 2.03. The summed E-state index contributed by atoms with van der Waals surface area (Å²) in [6.45, 7) is 6.96. The molecule has 0 bridgehead atoms. The van der Waals surface area contributed by atoms with Crippen LogP contribution in [0.3, 0.4) is 0 Å². The highest BCUT2D eigenvalue weighted by molar-refractivity contribution is 6.09. The standard InChI is InChI=1S/C8H13NO2/c1-6(2)8(9-11-4)5-7(3)10/h1,5H2,2-4H3. The minimum atomic E-state index is 0.0591. The summed E-state index contributed by atoms with van der Waals surface area (Å²) >= 11 is 0. The van der Waals surface area contributed by atoms with Crippen molar-refractivity contribution < 1.29 is 9.63 Å². The second-order valence-corrected chi connectivity index (χ2v) is 2.38. The second kappa shape index (κ2) is 4.66. The monoisotopic (exact) mass is 155 g/mol. The highest BCUT2D eigenvalue weighted by atomic mass is 16.6. The van der Waals surface area contributed by atoms with E-state index in [1.54, 1.807) is 6.92 Å². The Bertz CT molecular complexity index is 194. The van der Waals surface area contributed by atoms with Crippen molar-refractivity contribution in [1.29, 1.82) is 0 Å². The lowest BCUT2D eigenvalue weighted by Crippen LogP contribution is -2.05. The van der Waals surface area contributed by atoms with Crippen LogP contribution in [-0.2, 0) is 9.63 Å². The molecule has 0 rings (SSSR count). The molecule has 0 aliphatic carbocycles. The Kier molecular flexibility index (Phi) is 4.18. The number of Topliss-reactive ketones (excluding diaryl/α,β-unsaturated/α-hetero) is 1. The lowest BCUT2D eigenvalue weighted by Gasteiger charge is -2.00. The first-order valence-electron chi connectivity index (χ1n) is 3.33. The lowest BCUT2D eigenvalue weighted by molar-refractivity contribution is -0.115. The third-order valence-electron chi connectivity index (χ3n) is 1.11. The molecular formula is C8H13NO2. The van der Waals surface area contributed by atoms with Gasteiger partial charge in [0.2, 0.25) is 0 Å². The first-order valence-corrected chi connectivity index (χ1v) is 3.33. The van der Waals surface area contributed by atoms with Gasteiger partial charge < -0.3 is 4.84 Å². The normalized spacial score (nSPS) is 11.0. The van der Waals surface area contributed by atoms with Crippen LogP contribution in [0.5, 0.6) is 0 Å². The van der Waals surface area contributed by atoms with Crippen LogP contribution in [0.1, 0.15) is 20.3 Å². The molecule has 0 saturated carbocycles. The van der Waals surface area contributed by atoms with Gasteiger partial charge >= 0.3 is 0 Å². The number of ketones is 1. The van der Waals surface area contributed by atoms with E-state index in [-0.39, 0.29) is 5.78 Å². The zero-order valence-electron chi connectivity index (χ0n) is 7.18. The summed E-state index contributed by atoms with van der Waals surface area (Å²) in [4.78, 5) is 15.2. The van der Waals surface area contributed by atoms with Crippen molar-refractivity contribution in [3.05, 3.63) is 12.2 Å². The fourth-order valence-corrected chi connectivity index (χ4v) is 0.607. The molecule has 0 aliphatic heterocycles. The molecule has 0 radical (unpaired) electrons. The molecule has 0 aromatic rings. The van der Waals surface area contributed by atoms with Gasteiger partial charge in [0.15, 0.2) is 0 Å². The van der Waals surface area contributed by atoms with Crippen molar-refractivity contribution in [2.75, 3.05) is 7.11 Å². The van der Waals surface area contributed by atoms with Crippen LogP contribution in [0.25, 0.3) is 0 Å². The molecule has 0 spiro atoms. The van der Waals surface area contributed by atoms with E-state index in [4.69, 9.17) is 0 Å². The van der Waals surface area contributed by atoms with E-state index in [2.05, 4.69) is 16.6 Å². The fraction of sp³-hybridized carbons (Fsp3) is 0.500. The number of rotatable bonds is 4. The average Bonchev–Trinajstić information content (AvgIpc) is 1.86. The van der Waals surface area contributed by atoms with Crippen molar-refractivity contribution in [3.8, 4) is 0 Å². The SMILES string of the molecule is C=C(C)C(CC(C)=O)=NOC. The van der Waals surface area contributed by atoms with Gasteiger partial charge in [0.05, 0.1) is 12.1 Å². The van der Waals surface area contributed by atoms with E-state index < -0.39 is 0 Å². The molecule has 62 valence electrons. The quantitative estimate of drug-likeness (QED) is 0.456. The van der Waals surface area contributed by atoms with Crippen LogP contribution >= 0.6 is 0 Å².